The molecule has 0 spiro atoms. The molecule has 0 aliphatic rings. The molecule has 5 heteroatoms. The third-order valence-electron chi connectivity index (χ3n) is 2.82. The maximum atomic E-state index is 11.9. The van der Waals surface area contributed by atoms with Crippen LogP contribution in [-0.2, 0) is 4.79 Å². The molecule has 0 aliphatic heterocycles. The molecule has 20 heavy (non-hydrogen) atoms. The Labute approximate surface area is 131 Å². The molecule has 3 nitrogen and oxygen atoms in total. The first-order valence-electron chi connectivity index (χ1n) is 6.09. The highest BCUT2D eigenvalue weighted by Gasteiger charge is 2.07. The molecule has 0 heterocycles. The van der Waals surface area contributed by atoms with Gasteiger partial charge in [0.1, 0.15) is 0 Å². The van der Waals surface area contributed by atoms with Crippen molar-refractivity contribution in [2.75, 3.05) is 16.8 Å². The lowest BCUT2D eigenvalue weighted by atomic mass is 10.1. The largest absolute Gasteiger partial charge is 0.398 e. The van der Waals surface area contributed by atoms with E-state index in [1.54, 1.807) is 0 Å². The molecule has 0 bridgehead atoms. The molecule has 2 aromatic rings. The van der Waals surface area contributed by atoms with Gasteiger partial charge < -0.3 is 11.1 Å². The van der Waals surface area contributed by atoms with E-state index in [4.69, 9.17) is 5.73 Å². The van der Waals surface area contributed by atoms with Gasteiger partial charge in [0.05, 0.1) is 5.75 Å². The van der Waals surface area contributed by atoms with E-state index in [0.29, 0.717) is 11.4 Å². The SMILES string of the molecule is Cc1c(N)cccc1NC(=O)CSc1cccc(Br)c1. The van der Waals surface area contributed by atoms with Crippen LogP contribution in [0.2, 0.25) is 0 Å². The van der Waals surface area contributed by atoms with Gasteiger partial charge >= 0.3 is 0 Å². The summed E-state index contributed by atoms with van der Waals surface area (Å²) in [4.78, 5) is 13.0. The van der Waals surface area contributed by atoms with Crippen LogP contribution in [0.15, 0.2) is 51.8 Å². The Balaban J connectivity index is 1.94. The molecule has 104 valence electrons. The van der Waals surface area contributed by atoms with Crippen LogP contribution in [0.5, 0.6) is 0 Å². The molecule has 0 fully saturated rings. The molecule has 2 rings (SSSR count). The first kappa shape index (κ1) is 14.9. The van der Waals surface area contributed by atoms with Crippen LogP contribution in [-0.4, -0.2) is 11.7 Å². The molecule has 0 saturated heterocycles. The zero-order chi connectivity index (χ0) is 14.5. The Hall–Kier alpha value is -1.46. The van der Waals surface area contributed by atoms with E-state index in [2.05, 4.69) is 21.2 Å². The number of thioether (sulfide) groups is 1. The maximum absolute atomic E-state index is 11.9. The Bertz CT molecular complexity index is 631. The predicted molar refractivity (Wildman–Crippen MR) is 89.1 cm³/mol. The molecule has 2 aromatic carbocycles. The zero-order valence-electron chi connectivity index (χ0n) is 11.0. The monoisotopic (exact) mass is 350 g/mol. The highest BCUT2D eigenvalue weighted by Crippen LogP contribution is 2.23. The first-order valence-corrected chi connectivity index (χ1v) is 7.87. The van der Waals surface area contributed by atoms with Crippen LogP contribution in [0.25, 0.3) is 0 Å². The summed E-state index contributed by atoms with van der Waals surface area (Å²) in [5.74, 6) is 0.328. The van der Waals surface area contributed by atoms with Crippen molar-refractivity contribution >= 4 is 45.0 Å². The van der Waals surface area contributed by atoms with E-state index in [1.807, 2.05) is 49.4 Å². The van der Waals surface area contributed by atoms with Crippen LogP contribution in [0.3, 0.4) is 0 Å². The summed E-state index contributed by atoms with van der Waals surface area (Å²) in [6, 6.07) is 13.4. The van der Waals surface area contributed by atoms with Crippen LogP contribution in [0.1, 0.15) is 5.56 Å². The van der Waals surface area contributed by atoms with Gasteiger partial charge in [-0.05, 0) is 42.8 Å². The number of halogens is 1. The molecule has 3 N–H and O–H groups in total. The van der Waals surface area contributed by atoms with Crippen molar-refractivity contribution in [1.29, 1.82) is 0 Å². The van der Waals surface area contributed by atoms with Crippen molar-refractivity contribution in [3.8, 4) is 0 Å². The lowest BCUT2D eigenvalue weighted by Crippen LogP contribution is -2.15. The van der Waals surface area contributed by atoms with E-state index in [0.717, 1.165) is 20.6 Å². The van der Waals surface area contributed by atoms with E-state index >= 15 is 0 Å². The quantitative estimate of drug-likeness (QED) is 0.645. The molecule has 0 aliphatic carbocycles. The minimum atomic E-state index is -0.0383. The second-order valence-electron chi connectivity index (χ2n) is 4.31. The minimum Gasteiger partial charge on any atom is -0.398 e. The van der Waals surface area contributed by atoms with Gasteiger partial charge in [0.25, 0.3) is 0 Å². The summed E-state index contributed by atoms with van der Waals surface area (Å²) in [7, 11) is 0. The zero-order valence-corrected chi connectivity index (χ0v) is 13.4. The normalized spacial score (nSPS) is 10.3. The Morgan fingerprint density at radius 2 is 2.05 bits per heavy atom. The minimum absolute atomic E-state index is 0.0383. The van der Waals surface area contributed by atoms with Gasteiger partial charge in [-0.15, -0.1) is 11.8 Å². The van der Waals surface area contributed by atoms with Crippen molar-refractivity contribution < 1.29 is 4.79 Å². The van der Waals surface area contributed by atoms with Gasteiger partial charge in [-0.25, -0.2) is 0 Å². The lowest BCUT2D eigenvalue weighted by molar-refractivity contribution is -0.113. The van der Waals surface area contributed by atoms with E-state index in [9.17, 15) is 4.79 Å². The fourth-order valence-electron chi connectivity index (χ4n) is 1.68. The third kappa shape index (κ3) is 4.02. The van der Waals surface area contributed by atoms with E-state index in [-0.39, 0.29) is 5.91 Å². The fourth-order valence-corrected chi connectivity index (χ4v) is 2.99. The van der Waals surface area contributed by atoms with Crippen LogP contribution >= 0.6 is 27.7 Å². The molecule has 0 saturated carbocycles. The number of hydrogen-bond donors (Lipinski definition) is 2. The van der Waals surface area contributed by atoms with Crippen LogP contribution in [0.4, 0.5) is 11.4 Å². The van der Waals surface area contributed by atoms with Gasteiger partial charge in [0.15, 0.2) is 0 Å². The summed E-state index contributed by atoms with van der Waals surface area (Å²) >= 11 is 4.91. The van der Waals surface area contributed by atoms with E-state index < -0.39 is 0 Å². The molecular weight excluding hydrogens is 336 g/mol. The number of nitrogens with one attached hydrogen (secondary N) is 1. The number of hydrogen-bond acceptors (Lipinski definition) is 3. The standard InChI is InChI=1S/C15H15BrN2OS/c1-10-13(17)6-3-7-14(10)18-15(19)9-20-12-5-2-4-11(16)8-12/h2-8H,9,17H2,1H3,(H,18,19). The summed E-state index contributed by atoms with van der Waals surface area (Å²) < 4.78 is 1.01. The summed E-state index contributed by atoms with van der Waals surface area (Å²) in [6.07, 6.45) is 0. The summed E-state index contributed by atoms with van der Waals surface area (Å²) in [5.41, 5.74) is 8.16. The number of nitrogen functional groups attached to an aromatic ring is 1. The molecule has 0 radical (unpaired) electrons. The second-order valence-corrected chi connectivity index (χ2v) is 6.28. The Kier molecular flexibility index (Phi) is 5.09. The molecule has 1 amide bonds. The third-order valence-corrected chi connectivity index (χ3v) is 4.30. The van der Waals surface area contributed by atoms with Crippen molar-refractivity contribution in [2.24, 2.45) is 0 Å². The molecular formula is C15H15BrN2OS. The van der Waals surface area contributed by atoms with Crippen LogP contribution in [0, 0.1) is 6.92 Å². The lowest BCUT2D eigenvalue weighted by Gasteiger charge is -2.10. The van der Waals surface area contributed by atoms with Gasteiger partial charge in [-0.3, -0.25) is 4.79 Å². The predicted octanol–water partition coefficient (Wildman–Crippen LogP) is 4.07. The summed E-state index contributed by atoms with van der Waals surface area (Å²) in [5, 5.41) is 2.88. The average Bonchev–Trinajstić information content (AvgIpc) is 2.42. The Morgan fingerprint density at radius 3 is 2.80 bits per heavy atom. The highest BCUT2D eigenvalue weighted by atomic mass is 79.9. The van der Waals surface area contributed by atoms with Gasteiger partial charge in [-0.2, -0.15) is 0 Å². The van der Waals surface area contributed by atoms with Gasteiger partial charge in [-0.1, -0.05) is 28.1 Å². The second kappa shape index (κ2) is 6.81. The number of benzene rings is 2. The molecule has 0 unspecified atom stereocenters. The number of anilines is 2. The average molecular weight is 351 g/mol. The number of carbonyl (C=O) groups excluding carboxylic acids is 1. The highest BCUT2D eigenvalue weighted by molar-refractivity contribution is 9.10. The smallest absolute Gasteiger partial charge is 0.234 e. The number of rotatable bonds is 4. The number of amides is 1. The number of nitrogens with two attached hydrogens (primary N) is 1. The van der Waals surface area contributed by atoms with Gasteiger partial charge in [0, 0.05) is 20.7 Å². The molecule has 0 atom stereocenters. The van der Waals surface area contributed by atoms with E-state index in [1.165, 1.54) is 11.8 Å². The van der Waals surface area contributed by atoms with Crippen LogP contribution < -0.4 is 11.1 Å². The summed E-state index contributed by atoms with van der Waals surface area (Å²) in [6.45, 7) is 1.90. The topological polar surface area (TPSA) is 55.1 Å². The van der Waals surface area contributed by atoms with Crippen molar-refractivity contribution in [1.82, 2.24) is 0 Å². The van der Waals surface area contributed by atoms with Crippen molar-refractivity contribution in [2.45, 2.75) is 11.8 Å². The first-order chi connectivity index (χ1) is 9.56. The van der Waals surface area contributed by atoms with Crippen molar-refractivity contribution in [3.05, 3.63) is 52.5 Å². The molecule has 0 aromatic heterocycles. The Morgan fingerprint density at radius 1 is 1.30 bits per heavy atom. The number of carbonyl (C=O) groups is 1. The van der Waals surface area contributed by atoms with Crippen molar-refractivity contribution in [3.63, 3.8) is 0 Å². The fraction of sp³-hybridized carbons (Fsp3) is 0.133. The van der Waals surface area contributed by atoms with Gasteiger partial charge in [0.2, 0.25) is 5.91 Å². The maximum Gasteiger partial charge on any atom is 0.234 e.